The molecule has 0 atom stereocenters. The number of hydrogen-bond acceptors (Lipinski definition) is 3. The number of furan rings is 1. The van der Waals surface area contributed by atoms with Crippen molar-refractivity contribution in [3.05, 3.63) is 40.5 Å². The molecule has 0 fully saturated rings. The van der Waals surface area contributed by atoms with Gasteiger partial charge in [0.2, 0.25) is 0 Å². The van der Waals surface area contributed by atoms with Crippen molar-refractivity contribution in [1.82, 2.24) is 9.78 Å². The Morgan fingerprint density at radius 1 is 1.40 bits per heavy atom. The molecule has 0 amide bonds. The summed E-state index contributed by atoms with van der Waals surface area (Å²) in [6, 6.07) is 7.70. The highest BCUT2D eigenvalue weighted by molar-refractivity contribution is 9.10. The Labute approximate surface area is 124 Å². The van der Waals surface area contributed by atoms with Gasteiger partial charge in [-0.1, -0.05) is 22.9 Å². The number of carbonyl (C=O) groups excluding carboxylic acids is 1. The first kappa shape index (κ1) is 13.1. The van der Waals surface area contributed by atoms with E-state index in [4.69, 9.17) is 4.42 Å². The second-order valence-electron chi connectivity index (χ2n) is 4.61. The molecular formula is C15H13BrN2O2. The lowest BCUT2D eigenvalue weighted by Gasteiger charge is -1.95. The van der Waals surface area contributed by atoms with E-state index in [-0.39, 0.29) is 0 Å². The number of aldehydes is 1. The van der Waals surface area contributed by atoms with Crippen LogP contribution in [-0.4, -0.2) is 16.1 Å². The first-order valence-corrected chi connectivity index (χ1v) is 7.22. The topological polar surface area (TPSA) is 48.0 Å². The zero-order valence-corrected chi connectivity index (χ0v) is 12.6. The lowest BCUT2D eigenvalue weighted by atomic mass is 10.2. The van der Waals surface area contributed by atoms with Crippen LogP contribution in [-0.2, 0) is 6.54 Å². The summed E-state index contributed by atoms with van der Waals surface area (Å²) in [5.74, 6) is 0.620. The highest BCUT2D eigenvalue weighted by Gasteiger charge is 2.15. The lowest BCUT2D eigenvalue weighted by Crippen LogP contribution is -1.96. The molecular weight excluding hydrogens is 320 g/mol. The SMILES string of the molecule is CCCn1cc(C=O)c(-c2cc3cc(Br)ccc3o2)n1. The average Bonchev–Trinajstić information content (AvgIpc) is 3.01. The number of hydrogen-bond donors (Lipinski definition) is 0. The number of benzene rings is 1. The molecule has 0 aliphatic heterocycles. The summed E-state index contributed by atoms with van der Waals surface area (Å²) in [5, 5.41) is 5.42. The minimum atomic E-state index is 0.552. The largest absolute Gasteiger partial charge is 0.454 e. The smallest absolute Gasteiger partial charge is 0.156 e. The number of aryl methyl sites for hydroxylation is 1. The van der Waals surface area contributed by atoms with Gasteiger partial charge in [0.1, 0.15) is 11.3 Å². The van der Waals surface area contributed by atoms with Crippen molar-refractivity contribution in [2.45, 2.75) is 19.9 Å². The summed E-state index contributed by atoms with van der Waals surface area (Å²) >= 11 is 3.43. The molecule has 102 valence electrons. The van der Waals surface area contributed by atoms with E-state index in [1.807, 2.05) is 24.3 Å². The summed E-state index contributed by atoms with van der Waals surface area (Å²) in [6.45, 7) is 2.85. The van der Waals surface area contributed by atoms with Crippen molar-refractivity contribution in [2.75, 3.05) is 0 Å². The van der Waals surface area contributed by atoms with Gasteiger partial charge in [0.15, 0.2) is 12.0 Å². The van der Waals surface area contributed by atoms with Crippen LogP contribution in [0.1, 0.15) is 23.7 Å². The van der Waals surface area contributed by atoms with Crippen LogP contribution >= 0.6 is 15.9 Å². The maximum atomic E-state index is 11.2. The van der Waals surface area contributed by atoms with E-state index in [2.05, 4.69) is 28.0 Å². The zero-order chi connectivity index (χ0) is 14.1. The Bertz CT molecular complexity index is 773. The Hall–Kier alpha value is -1.88. The predicted molar refractivity (Wildman–Crippen MR) is 80.8 cm³/mol. The molecule has 1 aromatic carbocycles. The third kappa shape index (κ3) is 2.29. The maximum Gasteiger partial charge on any atom is 0.156 e. The quantitative estimate of drug-likeness (QED) is 0.670. The Kier molecular flexibility index (Phi) is 3.44. The third-order valence-electron chi connectivity index (χ3n) is 3.08. The second-order valence-corrected chi connectivity index (χ2v) is 5.52. The standard InChI is InChI=1S/C15H13BrN2O2/c1-2-5-18-8-11(9-19)15(17-18)14-7-10-6-12(16)3-4-13(10)20-14/h3-4,6-9H,2,5H2,1H3. The minimum absolute atomic E-state index is 0.552. The highest BCUT2D eigenvalue weighted by atomic mass is 79.9. The number of rotatable bonds is 4. The van der Waals surface area contributed by atoms with Crippen LogP contribution in [0.5, 0.6) is 0 Å². The van der Waals surface area contributed by atoms with Gasteiger partial charge in [-0.25, -0.2) is 0 Å². The van der Waals surface area contributed by atoms with Gasteiger partial charge in [-0.05, 0) is 30.7 Å². The maximum absolute atomic E-state index is 11.2. The number of nitrogens with zero attached hydrogens (tertiary/aromatic N) is 2. The molecule has 0 radical (unpaired) electrons. The van der Waals surface area contributed by atoms with Crippen LogP contribution in [0.3, 0.4) is 0 Å². The van der Waals surface area contributed by atoms with E-state index in [0.717, 1.165) is 34.7 Å². The summed E-state index contributed by atoms with van der Waals surface area (Å²) in [6.07, 6.45) is 3.54. The first-order valence-electron chi connectivity index (χ1n) is 6.43. The number of aromatic nitrogens is 2. The van der Waals surface area contributed by atoms with E-state index in [1.165, 1.54) is 0 Å². The molecule has 4 nitrogen and oxygen atoms in total. The molecule has 2 aromatic heterocycles. The number of carbonyl (C=O) groups is 1. The van der Waals surface area contributed by atoms with Crippen LogP contribution in [0.2, 0.25) is 0 Å². The van der Waals surface area contributed by atoms with Gasteiger partial charge in [0.25, 0.3) is 0 Å². The fraction of sp³-hybridized carbons (Fsp3) is 0.200. The molecule has 0 saturated heterocycles. The Morgan fingerprint density at radius 2 is 2.25 bits per heavy atom. The van der Waals surface area contributed by atoms with E-state index in [1.54, 1.807) is 10.9 Å². The van der Waals surface area contributed by atoms with Gasteiger partial charge in [-0.3, -0.25) is 9.48 Å². The van der Waals surface area contributed by atoms with Crippen LogP contribution in [0, 0.1) is 0 Å². The normalized spacial score (nSPS) is 11.1. The van der Waals surface area contributed by atoms with Gasteiger partial charge in [0, 0.05) is 22.6 Å². The highest BCUT2D eigenvalue weighted by Crippen LogP contribution is 2.30. The molecule has 3 rings (SSSR count). The summed E-state index contributed by atoms with van der Waals surface area (Å²) < 4.78 is 8.56. The summed E-state index contributed by atoms with van der Waals surface area (Å²) in [7, 11) is 0. The lowest BCUT2D eigenvalue weighted by molar-refractivity contribution is 0.112. The van der Waals surface area contributed by atoms with Crippen LogP contribution in [0.15, 0.2) is 39.4 Å². The second kappa shape index (κ2) is 5.25. The van der Waals surface area contributed by atoms with E-state index >= 15 is 0 Å². The summed E-state index contributed by atoms with van der Waals surface area (Å²) in [5.41, 5.74) is 1.93. The van der Waals surface area contributed by atoms with Crippen molar-refractivity contribution in [3.63, 3.8) is 0 Å². The Balaban J connectivity index is 2.11. The van der Waals surface area contributed by atoms with Crippen molar-refractivity contribution < 1.29 is 9.21 Å². The van der Waals surface area contributed by atoms with Crippen molar-refractivity contribution in [3.8, 4) is 11.5 Å². The zero-order valence-electron chi connectivity index (χ0n) is 11.0. The molecule has 0 unspecified atom stereocenters. The molecule has 0 aliphatic carbocycles. The van der Waals surface area contributed by atoms with Gasteiger partial charge >= 0.3 is 0 Å². The summed E-state index contributed by atoms with van der Waals surface area (Å²) in [4.78, 5) is 11.2. The van der Waals surface area contributed by atoms with Crippen LogP contribution < -0.4 is 0 Å². The minimum Gasteiger partial charge on any atom is -0.454 e. The van der Waals surface area contributed by atoms with Crippen molar-refractivity contribution >= 4 is 33.2 Å². The molecule has 0 N–H and O–H groups in total. The Morgan fingerprint density at radius 3 is 3.00 bits per heavy atom. The molecule has 2 heterocycles. The predicted octanol–water partition coefficient (Wildman–Crippen LogP) is 4.28. The molecule has 5 heteroatoms. The average molecular weight is 333 g/mol. The molecule has 0 saturated carbocycles. The van der Waals surface area contributed by atoms with Crippen molar-refractivity contribution in [2.24, 2.45) is 0 Å². The van der Waals surface area contributed by atoms with Crippen LogP contribution in [0.25, 0.3) is 22.4 Å². The fourth-order valence-electron chi connectivity index (χ4n) is 2.19. The molecule has 0 aliphatic rings. The van der Waals surface area contributed by atoms with E-state index < -0.39 is 0 Å². The number of halogens is 1. The van der Waals surface area contributed by atoms with Crippen LogP contribution in [0.4, 0.5) is 0 Å². The molecule has 3 aromatic rings. The van der Waals surface area contributed by atoms with Gasteiger partial charge in [-0.2, -0.15) is 5.10 Å². The molecule has 0 spiro atoms. The van der Waals surface area contributed by atoms with Crippen molar-refractivity contribution in [1.29, 1.82) is 0 Å². The monoisotopic (exact) mass is 332 g/mol. The van der Waals surface area contributed by atoms with Gasteiger partial charge < -0.3 is 4.42 Å². The first-order chi connectivity index (χ1) is 9.71. The number of fused-ring (bicyclic) bond motifs is 1. The molecule has 20 heavy (non-hydrogen) atoms. The van der Waals surface area contributed by atoms with Gasteiger partial charge in [-0.15, -0.1) is 0 Å². The fourth-order valence-corrected chi connectivity index (χ4v) is 2.57. The van der Waals surface area contributed by atoms with E-state index in [9.17, 15) is 4.79 Å². The van der Waals surface area contributed by atoms with Gasteiger partial charge in [0.05, 0.1) is 5.56 Å². The molecule has 0 bridgehead atoms. The third-order valence-corrected chi connectivity index (χ3v) is 3.57. The van der Waals surface area contributed by atoms with E-state index in [0.29, 0.717) is 17.0 Å².